The van der Waals surface area contributed by atoms with Gasteiger partial charge in [-0.2, -0.15) is 12.7 Å². The number of hydrogen-bond acceptors (Lipinski definition) is 3. The van der Waals surface area contributed by atoms with Crippen molar-refractivity contribution in [3.05, 3.63) is 28.5 Å². The highest BCUT2D eigenvalue weighted by Gasteiger charge is 2.31. The fraction of sp³-hybridized carbons (Fsp3) is 0.500. The van der Waals surface area contributed by atoms with Crippen molar-refractivity contribution in [3.63, 3.8) is 0 Å². The van der Waals surface area contributed by atoms with Crippen LogP contribution in [0.5, 0.6) is 0 Å². The van der Waals surface area contributed by atoms with Gasteiger partial charge in [0, 0.05) is 23.6 Å². The first-order valence-corrected chi connectivity index (χ1v) is 8.62. The molecule has 0 saturated carbocycles. The number of anilines is 1. The molecule has 5 nitrogen and oxygen atoms in total. The maximum Gasteiger partial charge on any atom is 0.301 e. The lowest BCUT2D eigenvalue weighted by molar-refractivity contribution is 0.259. The molecule has 0 aliphatic carbocycles. The van der Waals surface area contributed by atoms with Crippen LogP contribution in [0.25, 0.3) is 0 Å². The summed E-state index contributed by atoms with van der Waals surface area (Å²) in [4.78, 5) is 0. The zero-order valence-electron chi connectivity index (χ0n) is 10.9. The van der Waals surface area contributed by atoms with Gasteiger partial charge < -0.3 is 5.73 Å². The average molecular weight is 366 g/mol. The molecular weight excluding hydrogens is 349 g/mol. The lowest BCUT2D eigenvalue weighted by Gasteiger charge is -2.33. The average Bonchev–Trinajstić information content (AvgIpc) is 2.42. The minimum Gasteiger partial charge on any atom is -0.329 e. The van der Waals surface area contributed by atoms with E-state index in [1.807, 2.05) is 0 Å². The largest absolute Gasteiger partial charge is 0.329 e. The van der Waals surface area contributed by atoms with E-state index >= 15 is 0 Å². The van der Waals surface area contributed by atoms with E-state index in [9.17, 15) is 12.8 Å². The number of nitrogens with one attached hydrogen (secondary N) is 1. The Bertz CT molecular complexity index is 582. The summed E-state index contributed by atoms with van der Waals surface area (Å²) >= 11 is 3.15. The summed E-state index contributed by atoms with van der Waals surface area (Å²) in [5, 5.41) is 0. The fourth-order valence-corrected chi connectivity index (χ4v) is 4.40. The number of piperidine rings is 1. The van der Waals surface area contributed by atoms with Crippen molar-refractivity contribution in [2.75, 3.05) is 17.8 Å². The van der Waals surface area contributed by atoms with E-state index in [2.05, 4.69) is 20.7 Å². The highest BCUT2D eigenvalue weighted by molar-refractivity contribution is 9.10. The van der Waals surface area contributed by atoms with Gasteiger partial charge in [0.15, 0.2) is 0 Å². The van der Waals surface area contributed by atoms with E-state index in [1.165, 1.54) is 22.5 Å². The number of nitrogens with two attached hydrogens (primary N) is 1. The van der Waals surface area contributed by atoms with E-state index in [0.29, 0.717) is 23.2 Å². The Hall–Kier alpha value is -0.700. The van der Waals surface area contributed by atoms with Gasteiger partial charge in [0.2, 0.25) is 0 Å². The molecule has 1 aliphatic rings. The molecule has 0 amide bonds. The summed E-state index contributed by atoms with van der Waals surface area (Å²) in [5.74, 6) is -0.433. The molecular formula is C12H17BrFN3O2S. The van der Waals surface area contributed by atoms with Crippen molar-refractivity contribution < 1.29 is 12.8 Å². The van der Waals surface area contributed by atoms with E-state index in [-0.39, 0.29) is 6.04 Å². The van der Waals surface area contributed by atoms with Crippen LogP contribution in [0.1, 0.15) is 19.3 Å². The first kappa shape index (κ1) is 15.7. The van der Waals surface area contributed by atoms with Crippen LogP contribution in [0.15, 0.2) is 22.7 Å². The Balaban J connectivity index is 2.21. The van der Waals surface area contributed by atoms with Crippen molar-refractivity contribution in [3.8, 4) is 0 Å². The zero-order chi connectivity index (χ0) is 14.8. The third-order valence-corrected chi connectivity index (χ3v) is 5.56. The number of benzene rings is 1. The van der Waals surface area contributed by atoms with Gasteiger partial charge in [0.25, 0.3) is 0 Å². The van der Waals surface area contributed by atoms with E-state index in [4.69, 9.17) is 5.73 Å². The topological polar surface area (TPSA) is 75.4 Å². The maximum atomic E-state index is 13.0. The smallest absolute Gasteiger partial charge is 0.301 e. The summed E-state index contributed by atoms with van der Waals surface area (Å²) in [6.45, 7) is 0.751. The Labute approximate surface area is 126 Å². The van der Waals surface area contributed by atoms with Gasteiger partial charge in [0.1, 0.15) is 5.82 Å². The van der Waals surface area contributed by atoms with Crippen molar-refractivity contribution in [1.82, 2.24) is 4.31 Å². The molecule has 1 saturated heterocycles. The Morgan fingerprint density at radius 1 is 1.45 bits per heavy atom. The zero-order valence-corrected chi connectivity index (χ0v) is 13.3. The normalized spacial score (nSPS) is 20.9. The first-order chi connectivity index (χ1) is 9.44. The molecule has 0 bridgehead atoms. The molecule has 1 aromatic rings. The van der Waals surface area contributed by atoms with Crippen LogP contribution in [0.3, 0.4) is 0 Å². The third kappa shape index (κ3) is 3.49. The Morgan fingerprint density at radius 3 is 2.85 bits per heavy atom. The molecule has 0 aromatic heterocycles. The van der Waals surface area contributed by atoms with Gasteiger partial charge >= 0.3 is 10.2 Å². The molecule has 3 N–H and O–H groups in total. The van der Waals surface area contributed by atoms with Gasteiger partial charge in [-0.3, -0.25) is 4.72 Å². The second-order valence-electron chi connectivity index (χ2n) is 4.73. The summed E-state index contributed by atoms with van der Waals surface area (Å²) in [7, 11) is -3.68. The quantitative estimate of drug-likeness (QED) is 0.857. The van der Waals surface area contributed by atoms with Gasteiger partial charge in [-0.05, 0) is 47.0 Å². The molecule has 1 aromatic carbocycles. The Morgan fingerprint density at radius 2 is 2.20 bits per heavy atom. The van der Waals surface area contributed by atoms with Crippen molar-refractivity contribution >= 4 is 31.8 Å². The Kier molecular flexibility index (Phi) is 5.00. The number of hydrogen-bond donors (Lipinski definition) is 2. The standard InChI is InChI=1S/C12H17BrFN3O2S/c13-11-7-9(14)4-5-12(11)16-20(18,19)17-6-2-1-3-10(17)8-15/h4-5,7,10,16H,1-3,6,8,15H2. The highest BCUT2D eigenvalue weighted by Crippen LogP contribution is 2.26. The predicted octanol–water partition coefficient (Wildman–Crippen LogP) is 2.06. The molecule has 0 spiro atoms. The van der Waals surface area contributed by atoms with Crippen LogP contribution in [0.2, 0.25) is 0 Å². The number of halogens is 2. The summed E-state index contributed by atoms with van der Waals surface area (Å²) in [5.41, 5.74) is 5.95. The molecule has 2 rings (SSSR count). The van der Waals surface area contributed by atoms with Crippen LogP contribution in [-0.4, -0.2) is 31.9 Å². The molecule has 0 radical (unpaired) electrons. The summed E-state index contributed by atoms with van der Waals surface area (Å²) in [6, 6.07) is 3.63. The predicted molar refractivity (Wildman–Crippen MR) is 80.0 cm³/mol. The third-order valence-electron chi connectivity index (χ3n) is 3.32. The van der Waals surface area contributed by atoms with E-state index in [0.717, 1.165) is 19.3 Å². The van der Waals surface area contributed by atoms with Crippen LogP contribution in [-0.2, 0) is 10.2 Å². The minimum absolute atomic E-state index is 0.180. The molecule has 1 fully saturated rings. The van der Waals surface area contributed by atoms with E-state index in [1.54, 1.807) is 0 Å². The summed E-state index contributed by atoms with van der Waals surface area (Å²) in [6.07, 6.45) is 2.57. The lowest BCUT2D eigenvalue weighted by atomic mass is 10.1. The molecule has 20 heavy (non-hydrogen) atoms. The van der Waals surface area contributed by atoms with Crippen molar-refractivity contribution in [1.29, 1.82) is 0 Å². The van der Waals surface area contributed by atoms with Gasteiger partial charge in [-0.15, -0.1) is 0 Å². The van der Waals surface area contributed by atoms with Crippen LogP contribution in [0, 0.1) is 5.82 Å². The SMILES string of the molecule is NCC1CCCCN1S(=O)(=O)Nc1ccc(F)cc1Br. The molecule has 1 heterocycles. The van der Waals surface area contributed by atoms with Crippen LogP contribution < -0.4 is 10.5 Å². The molecule has 1 unspecified atom stereocenters. The maximum absolute atomic E-state index is 13.0. The van der Waals surface area contributed by atoms with Crippen molar-refractivity contribution in [2.45, 2.75) is 25.3 Å². The van der Waals surface area contributed by atoms with Gasteiger partial charge in [-0.25, -0.2) is 4.39 Å². The highest BCUT2D eigenvalue weighted by atomic mass is 79.9. The molecule has 1 atom stereocenters. The second kappa shape index (κ2) is 6.38. The van der Waals surface area contributed by atoms with Crippen LogP contribution in [0.4, 0.5) is 10.1 Å². The fourth-order valence-electron chi connectivity index (χ4n) is 2.30. The molecule has 1 aliphatic heterocycles. The molecule has 112 valence electrons. The monoisotopic (exact) mass is 365 g/mol. The van der Waals surface area contributed by atoms with Crippen LogP contribution >= 0.6 is 15.9 Å². The lowest BCUT2D eigenvalue weighted by Crippen LogP contribution is -2.49. The minimum atomic E-state index is -3.68. The number of rotatable bonds is 4. The van der Waals surface area contributed by atoms with Gasteiger partial charge in [0.05, 0.1) is 5.69 Å². The van der Waals surface area contributed by atoms with Crippen molar-refractivity contribution in [2.24, 2.45) is 5.73 Å². The van der Waals surface area contributed by atoms with E-state index < -0.39 is 16.0 Å². The molecule has 8 heteroatoms. The first-order valence-electron chi connectivity index (χ1n) is 6.39. The summed E-state index contributed by atoms with van der Waals surface area (Å²) < 4.78 is 42.1. The van der Waals surface area contributed by atoms with Gasteiger partial charge in [-0.1, -0.05) is 6.42 Å². The second-order valence-corrected chi connectivity index (χ2v) is 7.20. The number of nitrogens with zero attached hydrogens (tertiary/aromatic N) is 1.